The number of benzene rings is 2. The predicted octanol–water partition coefficient (Wildman–Crippen LogP) is 3.69. The average molecular weight is 411 g/mol. The van der Waals surface area contributed by atoms with Crippen LogP contribution in [0.4, 0.5) is 17.1 Å². The maximum absolute atomic E-state index is 12.0. The minimum atomic E-state index is -0.513. The number of nitro groups is 2. The summed E-state index contributed by atoms with van der Waals surface area (Å²) in [5.74, 6) is -0.201. The first-order valence-electron chi connectivity index (χ1n) is 8.18. The van der Waals surface area contributed by atoms with Gasteiger partial charge in [-0.3, -0.25) is 25.0 Å². The van der Waals surface area contributed by atoms with Gasteiger partial charge >= 0.3 is 0 Å². The van der Waals surface area contributed by atoms with Crippen LogP contribution < -0.4 is 5.32 Å². The molecule has 0 saturated carbocycles. The lowest BCUT2D eigenvalue weighted by atomic mass is 10.1. The maximum atomic E-state index is 12.0. The van der Waals surface area contributed by atoms with Crippen molar-refractivity contribution in [2.24, 2.45) is 0 Å². The van der Waals surface area contributed by atoms with E-state index in [-0.39, 0.29) is 23.0 Å². The van der Waals surface area contributed by atoms with Crippen molar-refractivity contribution in [3.63, 3.8) is 0 Å². The lowest BCUT2D eigenvalue weighted by Gasteiger charge is -2.05. The second-order valence-corrected chi connectivity index (χ2v) is 6.70. The minimum absolute atomic E-state index is 0.00656. The summed E-state index contributed by atoms with van der Waals surface area (Å²) in [7, 11) is 0. The Bertz CT molecular complexity index is 1040. The Hall–Kier alpha value is -3.86. The molecule has 29 heavy (non-hydrogen) atoms. The molecule has 3 rings (SSSR count). The number of aromatic nitrogens is 2. The number of rotatable bonds is 7. The molecule has 0 fully saturated rings. The summed E-state index contributed by atoms with van der Waals surface area (Å²) >= 11 is 1.18. The van der Waals surface area contributed by atoms with Crippen LogP contribution in [0, 0.1) is 20.2 Å². The number of carbonyl (C=O) groups is 1. The molecule has 1 aromatic heterocycles. The highest BCUT2D eigenvalue weighted by atomic mass is 32.2. The van der Waals surface area contributed by atoms with Gasteiger partial charge in [-0.1, -0.05) is 11.8 Å². The predicted molar refractivity (Wildman–Crippen MR) is 107 cm³/mol. The van der Waals surface area contributed by atoms with Crippen molar-refractivity contribution in [2.75, 3.05) is 11.1 Å². The number of anilines is 1. The Kier molecular flexibility index (Phi) is 6.09. The van der Waals surface area contributed by atoms with E-state index in [1.807, 2.05) is 0 Å². The average Bonchev–Trinajstić information content (AvgIpc) is 2.73. The summed E-state index contributed by atoms with van der Waals surface area (Å²) in [5, 5.41) is 32.6. The fourth-order valence-corrected chi connectivity index (χ4v) is 2.92. The van der Waals surface area contributed by atoms with Crippen molar-refractivity contribution in [1.29, 1.82) is 0 Å². The van der Waals surface area contributed by atoms with Gasteiger partial charge in [-0.15, -0.1) is 10.2 Å². The summed E-state index contributed by atoms with van der Waals surface area (Å²) in [6.07, 6.45) is 0. The molecule has 0 aliphatic heterocycles. The zero-order valence-electron chi connectivity index (χ0n) is 14.7. The van der Waals surface area contributed by atoms with Crippen LogP contribution in [0.1, 0.15) is 0 Å². The van der Waals surface area contributed by atoms with Crippen molar-refractivity contribution in [3.8, 4) is 11.3 Å². The molecule has 1 amide bonds. The molecule has 11 heteroatoms. The quantitative estimate of drug-likeness (QED) is 0.352. The fraction of sp³-hybridized carbons (Fsp3) is 0.0556. The lowest BCUT2D eigenvalue weighted by Crippen LogP contribution is -2.14. The summed E-state index contributed by atoms with van der Waals surface area (Å²) < 4.78 is 0. The topological polar surface area (TPSA) is 141 Å². The Morgan fingerprint density at radius 2 is 1.45 bits per heavy atom. The number of nitro benzene ring substituents is 2. The maximum Gasteiger partial charge on any atom is 0.269 e. The first-order chi connectivity index (χ1) is 13.9. The van der Waals surface area contributed by atoms with Gasteiger partial charge in [0.1, 0.15) is 5.03 Å². The number of hydrogen-bond acceptors (Lipinski definition) is 8. The van der Waals surface area contributed by atoms with Gasteiger partial charge in [0, 0.05) is 35.5 Å². The summed E-state index contributed by atoms with van der Waals surface area (Å²) in [5.41, 5.74) is 1.64. The third-order valence-corrected chi connectivity index (χ3v) is 4.65. The van der Waals surface area contributed by atoms with E-state index in [2.05, 4.69) is 15.5 Å². The number of amides is 1. The normalized spacial score (nSPS) is 10.3. The molecule has 1 N–H and O–H groups in total. The summed E-state index contributed by atoms with van der Waals surface area (Å²) in [6.45, 7) is 0. The molecular weight excluding hydrogens is 398 g/mol. The largest absolute Gasteiger partial charge is 0.325 e. The molecule has 0 spiro atoms. The zero-order valence-corrected chi connectivity index (χ0v) is 15.5. The number of thioether (sulfide) groups is 1. The number of nitrogens with one attached hydrogen (secondary N) is 1. The molecule has 3 aromatic rings. The minimum Gasteiger partial charge on any atom is -0.325 e. The van der Waals surface area contributed by atoms with Gasteiger partial charge < -0.3 is 5.32 Å². The molecule has 146 valence electrons. The highest BCUT2D eigenvalue weighted by Gasteiger charge is 2.09. The van der Waals surface area contributed by atoms with Gasteiger partial charge in [-0.25, -0.2) is 0 Å². The van der Waals surface area contributed by atoms with E-state index in [1.165, 1.54) is 48.2 Å². The van der Waals surface area contributed by atoms with Crippen LogP contribution in [0.15, 0.2) is 65.7 Å². The molecule has 0 bridgehead atoms. The van der Waals surface area contributed by atoms with E-state index < -0.39 is 9.85 Å². The zero-order chi connectivity index (χ0) is 20.8. The number of carbonyl (C=O) groups excluding carboxylic acids is 1. The van der Waals surface area contributed by atoms with Gasteiger partial charge in [0.05, 0.1) is 21.3 Å². The molecular formula is C18H13N5O5S. The molecule has 0 aliphatic rings. The molecule has 2 aromatic carbocycles. The van der Waals surface area contributed by atoms with Crippen molar-refractivity contribution >= 4 is 34.7 Å². The standard InChI is InChI=1S/C18H13N5O5S/c24-17(19-13-3-7-15(8-4-13)23(27)28)11-29-18-10-9-16(20-21-18)12-1-5-14(6-2-12)22(25)26/h1-10H,11H2,(H,19,24). The van der Waals surface area contributed by atoms with Crippen LogP contribution in [0.3, 0.4) is 0 Å². The van der Waals surface area contributed by atoms with Crippen LogP contribution in [-0.2, 0) is 4.79 Å². The van der Waals surface area contributed by atoms with Crippen LogP contribution >= 0.6 is 11.8 Å². The Balaban J connectivity index is 1.54. The van der Waals surface area contributed by atoms with E-state index in [0.717, 1.165) is 0 Å². The Morgan fingerprint density at radius 3 is 1.97 bits per heavy atom. The number of nitrogens with zero attached hydrogens (tertiary/aromatic N) is 4. The highest BCUT2D eigenvalue weighted by Crippen LogP contribution is 2.22. The van der Waals surface area contributed by atoms with E-state index >= 15 is 0 Å². The van der Waals surface area contributed by atoms with Crippen LogP contribution in [-0.4, -0.2) is 31.7 Å². The van der Waals surface area contributed by atoms with Gasteiger partial charge in [0.2, 0.25) is 5.91 Å². The lowest BCUT2D eigenvalue weighted by molar-refractivity contribution is -0.385. The summed E-state index contributed by atoms with van der Waals surface area (Å²) in [4.78, 5) is 32.3. The Labute approximate surface area is 168 Å². The number of non-ortho nitro benzene ring substituents is 2. The van der Waals surface area contributed by atoms with E-state index in [9.17, 15) is 25.0 Å². The fourth-order valence-electron chi connectivity index (χ4n) is 2.31. The molecule has 1 heterocycles. The van der Waals surface area contributed by atoms with Crippen LogP contribution in [0.5, 0.6) is 0 Å². The second kappa shape index (κ2) is 8.89. The monoisotopic (exact) mass is 411 g/mol. The first-order valence-corrected chi connectivity index (χ1v) is 9.16. The molecule has 10 nitrogen and oxygen atoms in total. The molecule has 0 aliphatic carbocycles. The summed E-state index contributed by atoms with van der Waals surface area (Å²) in [6, 6.07) is 14.9. The molecule has 0 atom stereocenters. The molecule has 0 unspecified atom stereocenters. The third-order valence-electron chi connectivity index (χ3n) is 3.73. The van der Waals surface area contributed by atoms with Gasteiger partial charge in [-0.2, -0.15) is 0 Å². The van der Waals surface area contributed by atoms with Gasteiger partial charge in [0.15, 0.2) is 0 Å². The van der Waals surface area contributed by atoms with Crippen molar-refractivity contribution < 1.29 is 14.6 Å². The van der Waals surface area contributed by atoms with Crippen LogP contribution in [0.25, 0.3) is 11.3 Å². The first kappa shape index (κ1) is 19.9. The van der Waals surface area contributed by atoms with E-state index in [0.29, 0.717) is 22.0 Å². The molecule has 0 saturated heterocycles. The van der Waals surface area contributed by atoms with Crippen LogP contribution in [0.2, 0.25) is 0 Å². The smallest absolute Gasteiger partial charge is 0.269 e. The van der Waals surface area contributed by atoms with Gasteiger partial charge in [-0.05, 0) is 36.4 Å². The third kappa shape index (κ3) is 5.32. The number of hydrogen-bond donors (Lipinski definition) is 1. The SMILES string of the molecule is O=C(CSc1ccc(-c2ccc([N+](=O)[O-])cc2)nn1)Nc1ccc([N+](=O)[O-])cc1. The second-order valence-electron chi connectivity index (χ2n) is 5.70. The molecule has 0 radical (unpaired) electrons. The van der Waals surface area contributed by atoms with E-state index in [1.54, 1.807) is 24.3 Å². The van der Waals surface area contributed by atoms with Crippen molar-refractivity contribution in [3.05, 3.63) is 80.9 Å². The van der Waals surface area contributed by atoms with E-state index in [4.69, 9.17) is 0 Å². The highest BCUT2D eigenvalue weighted by molar-refractivity contribution is 7.99. The van der Waals surface area contributed by atoms with Gasteiger partial charge in [0.25, 0.3) is 11.4 Å². The van der Waals surface area contributed by atoms with Crippen molar-refractivity contribution in [2.45, 2.75) is 5.03 Å². The Morgan fingerprint density at radius 1 is 0.862 bits per heavy atom. The van der Waals surface area contributed by atoms with Crippen molar-refractivity contribution in [1.82, 2.24) is 10.2 Å².